The summed E-state index contributed by atoms with van der Waals surface area (Å²) in [4.78, 5) is 39.7. The Bertz CT molecular complexity index is 983. The maximum atomic E-state index is 13.3. The maximum Gasteiger partial charge on any atom is 0.325 e. The van der Waals surface area contributed by atoms with Crippen LogP contribution < -0.4 is 5.32 Å². The summed E-state index contributed by atoms with van der Waals surface area (Å²) in [7, 11) is 1.61. The number of ketones is 1. The monoisotopic (exact) mass is 415 g/mol. The first-order valence-electron chi connectivity index (χ1n) is 9.84. The van der Waals surface area contributed by atoms with Crippen molar-refractivity contribution in [2.24, 2.45) is 0 Å². The third-order valence-corrected chi connectivity index (χ3v) is 5.74. The number of hydrogen-bond donors (Lipinski definition) is 1. The summed E-state index contributed by atoms with van der Waals surface area (Å²) in [6.07, 6.45) is 0.277. The molecule has 1 aromatic carbocycles. The third-order valence-electron chi connectivity index (χ3n) is 5.74. The molecule has 0 saturated carbocycles. The van der Waals surface area contributed by atoms with Crippen molar-refractivity contribution in [3.63, 3.8) is 0 Å². The Balaban J connectivity index is 1.85. The van der Waals surface area contributed by atoms with Crippen LogP contribution in [0.1, 0.15) is 40.7 Å². The quantitative estimate of drug-likeness (QED) is 0.531. The molecule has 0 bridgehead atoms. The fourth-order valence-electron chi connectivity index (χ4n) is 3.98. The first-order valence-corrected chi connectivity index (χ1v) is 9.84. The van der Waals surface area contributed by atoms with E-state index in [0.29, 0.717) is 24.3 Å². The zero-order chi connectivity index (χ0) is 22.1. The van der Waals surface area contributed by atoms with Crippen molar-refractivity contribution >= 4 is 17.7 Å². The minimum atomic E-state index is -1.31. The summed E-state index contributed by atoms with van der Waals surface area (Å²) in [5.74, 6) is -1.26. The van der Waals surface area contributed by atoms with Crippen molar-refractivity contribution in [3.05, 3.63) is 58.7 Å². The van der Waals surface area contributed by atoms with Crippen LogP contribution in [0.4, 0.5) is 9.18 Å². The molecule has 1 aromatic heterocycles. The van der Waals surface area contributed by atoms with Gasteiger partial charge in [0.05, 0.1) is 13.2 Å². The number of carbonyl (C=O) groups excluding carboxylic acids is 3. The van der Waals surface area contributed by atoms with Crippen LogP contribution in [0.3, 0.4) is 0 Å². The van der Waals surface area contributed by atoms with Gasteiger partial charge in [0.15, 0.2) is 5.78 Å². The van der Waals surface area contributed by atoms with Gasteiger partial charge in [0.2, 0.25) is 0 Å². The molecule has 1 saturated heterocycles. The largest absolute Gasteiger partial charge is 0.383 e. The molecule has 3 amide bonds. The minimum Gasteiger partial charge on any atom is -0.383 e. The average molecular weight is 415 g/mol. The van der Waals surface area contributed by atoms with E-state index in [2.05, 4.69) is 5.32 Å². The first kappa shape index (κ1) is 21.7. The number of rotatable bonds is 8. The van der Waals surface area contributed by atoms with Crippen LogP contribution >= 0.6 is 0 Å². The number of carbonyl (C=O) groups is 3. The van der Waals surface area contributed by atoms with Crippen LogP contribution in [0.15, 0.2) is 30.3 Å². The number of ether oxygens (including phenoxy) is 1. The maximum absolute atomic E-state index is 13.3. The molecule has 30 heavy (non-hydrogen) atoms. The van der Waals surface area contributed by atoms with Gasteiger partial charge in [0.25, 0.3) is 5.91 Å². The fraction of sp³-hybridized carbons (Fsp3) is 0.409. The molecule has 1 N–H and O–H groups in total. The highest BCUT2D eigenvalue weighted by Gasteiger charge is 2.51. The molecule has 2 heterocycles. The van der Waals surface area contributed by atoms with Crippen LogP contribution in [0.5, 0.6) is 0 Å². The number of halogens is 1. The van der Waals surface area contributed by atoms with Crippen LogP contribution in [0.25, 0.3) is 0 Å². The number of amides is 3. The summed E-state index contributed by atoms with van der Waals surface area (Å²) in [5.41, 5.74) is 1.32. The number of nitrogens with zero attached hydrogens (tertiary/aromatic N) is 2. The molecular formula is C22H26FN3O4. The number of aromatic nitrogens is 1. The van der Waals surface area contributed by atoms with E-state index in [1.165, 1.54) is 24.3 Å². The number of nitrogens with one attached hydrogen (secondary N) is 1. The lowest BCUT2D eigenvalue weighted by Crippen LogP contribution is -2.43. The van der Waals surface area contributed by atoms with Crippen molar-refractivity contribution < 1.29 is 23.5 Å². The molecular weight excluding hydrogens is 389 g/mol. The number of urea groups is 1. The van der Waals surface area contributed by atoms with E-state index in [1.807, 2.05) is 18.4 Å². The summed E-state index contributed by atoms with van der Waals surface area (Å²) in [6.45, 7) is 6.24. The molecule has 1 atom stereocenters. The van der Waals surface area contributed by atoms with E-state index < -0.39 is 23.3 Å². The minimum absolute atomic E-state index is 0.277. The van der Waals surface area contributed by atoms with Gasteiger partial charge in [-0.1, -0.05) is 19.1 Å². The van der Waals surface area contributed by atoms with Crippen molar-refractivity contribution in [2.45, 2.75) is 39.3 Å². The third kappa shape index (κ3) is 3.63. The van der Waals surface area contributed by atoms with Crippen LogP contribution in [0.2, 0.25) is 0 Å². The van der Waals surface area contributed by atoms with Crippen molar-refractivity contribution in [2.75, 3.05) is 20.3 Å². The fourth-order valence-corrected chi connectivity index (χ4v) is 3.98. The molecule has 1 fully saturated rings. The number of benzene rings is 1. The van der Waals surface area contributed by atoms with Crippen molar-refractivity contribution in [3.8, 4) is 0 Å². The Kier molecular flexibility index (Phi) is 6.07. The van der Waals surface area contributed by atoms with Gasteiger partial charge in [-0.25, -0.2) is 9.18 Å². The molecule has 8 heteroatoms. The van der Waals surface area contributed by atoms with E-state index >= 15 is 0 Å². The van der Waals surface area contributed by atoms with Crippen LogP contribution in [-0.4, -0.2) is 47.4 Å². The highest BCUT2D eigenvalue weighted by Crippen LogP contribution is 2.32. The van der Waals surface area contributed by atoms with Gasteiger partial charge in [0.1, 0.15) is 11.4 Å². The SMILES string of the molecule is CCC1(c2ccc(F)cc2)NC(=O)N(CC(=O)c2cc(C)n(CCOC)c2C)C1=O. The summed E-state index contributed by atoms with van der Waals surface area (Å²) in [6, 6.07) is 6.58. The Labute approximate surface area is 174 Å². The second-order valence-corrected chi connectivity index (χ2v) is 7.44. The van der Waals surface area contributed by atoms with E-state index in [4.69, 9.17) is 4.74 Å². The van der Waals surface area contributed by atoms with Gasteiger partial charge >= 0.3 is 6.03 Å². The molecule has 0 aliphatic carbocycles. The van der Waals surface area contributed by atoms with E-state index in [1.54, 1.807) is 20.1 Å². The average Bonchev–Trinajstić information content (AvgIpc) is 3.14. The van der Waals surface area contributed by atoms with Gasteiger partial charge in [-0.15, -0.1) is 0 Å². The number of methoxy groups -OCH3 is 1. The summed E-state index contributed by atoms with van der Waals surface area (Å²) >= 11 is 0. The highest BCUT2D eigenvalue weighted by molar-refractivity contribution is 6.11. The number of Topliss-reactive ketones (excluding diaryl/α,β-unsaturated/α-hetero) is 1. The molecule has 1 unspecified atom stereocenters. The standard InChI is InChI=1S/C22H26FN3O4/c1-5-22(16-6-8-17(23)9-7-16)20(28)26(21(29)24-22)13-19(27)18-12-14(2)25(15(18)3)10-11-30-4/h6-9,12H,5,10-11,13H2,1-4H3,(H,24,29). The topological polar surface area (TPSA) is 80.6 Å². The van der Waals surface area contributed by atoms with Crippen LogP contribution in [0, 0.1) is 19.7 Å². The number of imide groups is 1. The molecule has 160 valence electrons. The van der Waals surface area contributed by atoms with Gasteiger partial charge in [-0.05, 0) is 44.0 Å². The summed E-state index contributed by atoms with van der Waals surface area (Å²) in [5, 5.41) is 2.71. The van der Waals surface area contributed by atoms with Gasteiger partial charge in [0, 0.05) is 30.6 Å². The van der Waals surface area contributed by atoms with Crippen LogP contribution in [-0.2, 0) is 21.6 Å². The normalized spacial score (nSPS) is 18.8. The lowest BCUT2D eigenvalue weighted by molar-refractivity contribution is -0.131. The van der Waals surface area contributed by atoms with E-state index in [9.17, 15) is 18.8 Å². The zero-order valence-electron chi connectivity index (χ0n) is 17.6. The molecule has 1 aliphatic heterocycles. The second kappa shape index (κ2) is 8.39. The first-order chi connectivity index (χ1) is 14.2. The molecule has 1 aliphatic rings. The van der Waals surface area contributed by atoms with Gasteiger partial charge < -0.3 is 14.6 Å². The highest BCUT2D eigenvalue weighted by atomic mass is 19.1. The van der Waals surface area contributed by atoms with Gasteiger partial charge in [-0.2, -0.15) is 0 Å². The zero-order valence-corrected chi connectivity index (χ0v) is 17.6. The number of aryl methyl sites for hydroxylation is 1. The lowest BCUT2D eigenvalue weighted by atomic mass is 9.87. The molecule has 0 radical (unpaired) electrons. The molecule has 2 aromatic rings. The Hall–Kier alpha value is -3.00. The predicted octanol–water partition coefficient (Wildman–Crippen LogP) is 2.93. The Morgan fingerprint density at radius 1 is 1.20 bits per heavy atom. The van der Waals surface area contributed by atoms with E-state index in [0.717, 1.165) is 16.3 Å². The molecule has 3 rings (SSSR count). The van der Waals surface area contributed by atoms with Crippen molar-refractivity contribution in [1.29, 1.82) is 0 Å². The van der Waals surface area contributed by atoms with Crippen molar-refractivity contribution in [1.82, 2.24) is 14.8 Å². The Morgan fingerprint density at radius 2 is 1.87 bits per heavy atom. The second-order valence-electron chi connectivity index (χ2n) is 7.44. The Morgan fingerprint density at radius 3 is 2.47 bits per heavy atom. The summed E-state index contributed by atoms with van der Waals surface area (Å²) < 4.78 is 20.4. The van der Waals surface area contributed by atoms with E-state index in [-0.39, 0.29) is 18.7 Å². The predicted molar refractivity (Wildman–Crippen MR) is 109 cm³/mol. The van der Waals surface area contributed by atoms with Gasteiger partial charge in [-0.3, -0.25) is 14.5 Å². The lowest BCUT2D eigenvalue weighted by Gasteiger charge is -2.25. The molecule has 0 spiro atoms. The molecule has 7 nitrogen and oxygen atoms in total. The smallest absolute Gasteiger partial charge is 0.325 e. The number of hydrogen-bond acceptors (Lipinski definition) is 4.